The number of hydrogen-bond donors (Lipinski definition) is 0. The molecule has 5 heteroatoms. The number of nitrogens with one attached hydrogen (secondary N) is 1. The van der Waals surface area contributed by atoms with Gasteiger partial charge in [-0.15, -0.1) is 0 Å². The van der Waals surface area contributed by atoms with Crippen LogP contribution < -0.4 is 17.4 Å². The number of aromatic nitrogens is 1. The van der Waals surface area contributed by atoms with Crippen molar-refractivity contribution < 1.29 is 22.3 Å². The molecule has 1 aromatic heterocycles. The van der Waals surface area contributed by atoms with Crippen LogP contribution in [0.2, 0.25) is 0 Å². The van der Waals surface area contributed by atoms with E-state index in [1.165, 1.54) is 12.1 Å². The number of non-ortho nitro benzene ring substituents is 1. The van der Waals surface area contributed by atoms with Crippen molar-refractivity contribution >= 4 is 28.7 Å². The molecule has 3 rings (SSSR count). The van der Waals surface area contributed by atoms with E-state index in [1.807, 2.05) is 42.6 Å². The lowest BCUT2D eigenvalue weighted by atomic mass is 10.1. The average Bonchev–Trinajstić information content (AvgIpc) is 2.53. The Kier molecular flexibility index (Phi) is 4.86. The molecule has 0 unspecified atom stereocenters. The minimum absolute atomic E-state index is 0. The zero-order valence-electron chi connectivity index (χ0n) is 11.6. The minimum atomic E-state index is -0.395. The lowest BCUT2D eigenvalue weighted by Gasteiger charge is -1.97. The molecule has 0 aliphatic carbocycles. The minimum Gasteiger partial charge on any atom is -1.00 e. The number of hydrogen-bond acceptors (Lipinski definition) is 2. The second-order valence-electron chi connectivity index (χ2n) is 4.66. The fourth-order valence-electron chi connectivity index (χ4n) is 2.21. The van der Waals surface area contributed by atoms with Crippen molar-refractivity contribution in [2.24, 2.45) is 0 Å². The number of para-hydroxylation sites is 1. The molecule has 0 spiro atoms. The zero-order valence-corrected chi connectivity index (χ0v) is 12.3. The molecule has 0 saturated carbocycles. The largest absolute Gasteiger partial charge is 1.00 e. The van der Waals surface area contributed by atoms with Crippen LogP contribution in [0.1, 0.15) is 11.1 Å². The summed E-state index contributed by atoms with van der Waals surface area (Å²) >= 11 is 0. The third-order valence-electron chi connectivity index (χ3n) is 3.30. The van der Waals surface area contributed by atoms with Crippen molar-refractivity contribution in [1.29, 1.82) is 0 Å². The smallest absolute Gasteiger partial charge is 0.269 e. The van der Waals surface area contributed by atoms with Crippen LogP contribution >= 0.6 is 0 Å². The van der Waals surface area contributed by atoms with E-state index >= 15 is 0 Å². The summed E-state index contributed by atoms with van der Waals surface area (Å²) in [7, 11) is 0. The van der Waals surface area contributed by atoms with Crippen LogP contribution in [0, 0.1) is 10.1 Å². The maximum absolute atomic E-state index is 10.6. The fraction of sp³-hybridized carbons (Fsp3) is 0. The number of nitro groups is 1. The number of H-pyrrole nitrogens is 1. The predicted octanol–water partition coefficient (Wildman–Crippen LogP) is 0.736. The number of nitro benzene ring substituents is 1. The molecule has 0 aliphatic heterocycles. The first kappa shape index (κ1) is 15.7. The first-order chi connectivity index (χ1) is 10.2. The van der Waals surface area contributed by atoms with Crippen LogP contribution in [0.25, 0.3) is 23.1 Å². The molecule has 0 bridgehead atoms. The average molecular weight is 313 g/mol. The Morgan fingerprint density at radius 2 is 1.68 bits per heavy atom. The first-order valence-corrected chi connectivity index (χ1v) is 6.56. The van der Waals surface area contributed by atoms with Crippen molar-refractivity contribution in [2.45, 2.75) is 0 Å². The van der Waals surface area contributed by atoms with Gasteiger partial charge in [0.2, 0.25) is 5.52 Å². The van der Waals surface area contributed by atoms with Gasteiger partial charge in [-0.3, -0.25) is 10.1 Å². The monoisotopic (exact) mass is 312 g/mol. The van der Waals surface area contributed by atoms with Crippen LogP contribution in [-0.2, 0) is 0 Å². The SMILES string of the molecule is O=[N+]([O-])c1ccc(C=Cc2cc[nH+]c3ccccc23)cc1.[Cl-]. The van der Waals surface area contributed by atoms with Gasteiger partial charge >= 0.3 is 0 Å². The van der Waals surface area contributed by atoms with Gasteiger partial charge in [-0.05, 0) is 29.3 Å². The number of halogens is 1. The highest BCUT2D eigenvalue weighted by atomic mass is 35.5. The van der Waals surface area contributed by atoms with E-state index in [4.69, 9.17) is 0 Å². The molecule has 0 saturated heterocycles. The Hall–Kier alpha value is -2.72. The normalized spacial score (nSPS) is 10.5. The second-order valence-corrected chi connectivity index (χ2v) is 4.66. The number of nitrogens with zero attached hydrogens (tertiary/aromatic N) is 1. The summed E-state index contributed by atoms with van der Waals surface area (Å²) in [5.74, 6) is 0. The molecule has 4 nitrogen and oxygen atoms in total. The van der Waals surface area contributed by atoms with Gasteiger partial charge in [0, 0.05) is 24.3 Å². The quantitative estimate of drug-likeness (QED) is 0.529. The van der Waals surface area contributed by atoms with E-state index < -0.39 is 4.92 Å². The van der Waals surface area contributed by atoms with E-state index in [1.54, 1.807) is 12.1 Å². The molecule has 1 N–H and O–H groups in total. The second kappa shape index (κ2) is 6.83. The third-order valence-corrected chi connectivity index (χ3v) is 3.30. The first-order valence-electron chi connectivity index (χ1n) is 6.56. The van der Waals surface area contributed by atoms with Crippen LogP contribution in [0.15, 0.2) is 60.8 Å². The number of fused-ring (bicyclic) bond motifs is 1. The summed E-state index contributed by atoms with van der Waals surface area (Å²) in [5, 5.41) is 11.8. The van der Waals surface area contributed by atoms with Crippen molar-refractivity contribution in [2.75, 3.05) is 0 Å². The molecule has 0 radical (unpaired) electrons. The third kappa shape index (κ3) is 3.30. The van der Waals surface area contributed by atoms with Crippen molar-refractivity contribution in [3.05, 3.63) is 82.0 Å². The summed E-state index contributed by atoms with van der Waals surface area (Å²) in [6, 6.07) is 16.6. The van der Waals surface area contributed by atoms with E-state index in [0.717, 1.165) is 22.0 Å². The van der Waals surface area contributed by atoms with Crippen molar-refractivity contribution in [1.82, 2.24) is 0 Å². The van der Waals surface area contributed by atoms with Crippen LogP contribution in [0.5, 0.6) is 0 Å². The molecule has 2 aromatic carbocycles. The van der Waals surface area contributed by atoms with Gasteiger partial charge in [0.25, 0.3) is 5.69 Å². The number of aromatic amines is 1. The van der Waals surface area contributed by atoms with Crippen molar-refractivity contribution in [3.63, 3.8) is 0 Å². The lowest BCUT2D eigenvalue weighted by Crippen LogP contribution is -3.00. The highest BCUT2D eigenvalue weighted by Gasteiger charge is 2.04. The van der Waals surface area contributed by atoms with E-state index in [0.29, 0.717) is 0 Å². The number of rotatable bonds is 3. The molecule has 0 atom stereocenters. The molecule has 110 valence electrons. The topological polar surface area (TPSA) is 57.3 Å². The maximum atomic E-state index is 10.6. The molecule has 1 heterocycles. The zero-order chi connectivity index (χ0) is 14.7. The summed E-state index contributed by atoms with van der Waals surface area (Å²) in [6.45, 7) is 0. The van der Waals surface area contributed by atoms with Gasteiger partial charge < -0.3 is 12.4 Å². The fourth-order valence-corrected chi connectivity index (χ4v) is 2.21. The van der Waals surface area contributed by atoms with Gasteiger partial charge in [0.05, 0.1) is 10.3 Å². The van der Waals surface area contributed by atoms with Crippen LogP contribution in [-0.4, -0.2) is 4.92 Å². The van der Waals surface area contributed by atoms with Gasteiger partial charge in [-0.1, -0.05) is 24.3 Å². The molecular weight excluding hydrogens is 300 g/mol. The predicted molar refractivity (Wildman–Crippen MR) is 82.5 cm³/mol. The molecule has 0 amide bonds. The molecular formula is C17H13ClN2O2. The summed E-state index contributed by atoms with van der Waals surface area (Å²) < 4.78 is 0. The van der Waals surface area contributed by atoms with Gasteiger partial charge in [0.1, 0.15) is 0 Å². The Morgan fingerprint density at radius 3 is 2.41 bits per heavy atom. The number of benzene rings is 2. The molecule has 22 heavy (non-hydrogen) atoms. The Morgan fingerprint density at radius 1 is 0.955 bits per heavy atom. The molecule has 0 fully saturated rings. The van der Waals surface area contributed by atoms with E-state index in [9.17, 15) is 10.1 Å². The van der Waals surface area contributed by atoms with Crippen LogP contribution in [0.3, 0.4) is 0 Å². The van der Waals surface area contributed by atoms with Gasteiger partial charge in [-0.25, -0.2) is 4.98 Å². The van der Waals surface area contributed by atoms with Crippen molar-refractivity contribution in [3.8, 4) is 0 Å². The Bertz CT molecular complexity index is 824. The summed E-state index contributed by atoms with van der Waals surface area (Å²) in [5.41, 5.74) is 3.20. The highest BCUT2D eigenvalue weighted by molar-refractivity contribution is 5.88. The van der Waals surface area contributed by atoms with E-state index in [-0.39, 0.29) is 18.1 Å². The highest BCUT2D eigenvalue weighted by Crippen LogP contribution is 2.18. The lowest BCUT2D eigenvalue weighted by molar-refractivity contribution is -0.384. The summed E-state index contributed by atoms with van der Waals surface area (Å²) in [6.07, 6.45) is 5.86. The Labute approximate surface area is 133 Å². The van der Waals surface area contributed by atoms with Gasteiger partial charge in [-0.2, -0.15) is 0 Å². The molecule has 3 aromatic rings. The summed E-state index contributed by atoms with van der Waals surface area (Å²) in [4.78, 5) is 13.4. The van der Waals surface area contributed by atoms with E-state index in [2.05, 4.69) is 11.1 Å². The standard InChI is InChI=1S/C17H12N2O2.ClH/c20-19(21)15-9-6-13(7-10-15)5-8-14-11-12-18-17-4-2-1-3-16(14)17;/h1-12H;1H. The van der Waals surface area contributed by atoms with Crippen LogP contribution in [0.4, 0.5) is 5.69 Å². The molecule has 0 aliphatic rings. The van der Waals surface area contributed by atoms with Gasteiger partial charge in [0.15, 0.2) is 6.20 Å². The maximum Gasteiger partial charge on any atom is 0.269 e. The Balaban J connectivity index is 0.00000176. The number of pyridine rings is 1.